The molecule has 3 atom stereocenters. The summed E-state index contributed by atoms with van der Waals surface area (Å²) in [4.78, 5) is 11.1. The number of aliphatic hydroxyl groups excluding tert-OH is 1. The second kappa shape index (κ2) is 4.85. The Hall–Kier alpha value is -1.39. The molecular formula is C13H17NO3. The van der Waals surface area contributed by atoms with E-state index in [-0.39, 0.29) is 17.9 Å². The van der Waals surface area contributed by atoms with E-state index in [1.165, 1.54) is 6.92 Å². The molecule has 0 heterocycles. The first-order chi connectivity index (χ1) is 8.08. The summed E-state index contributed by atoms with van der Waals surface area (Å²) in [6, 6.07) is 6.73. The summed E-state index contributed by atoms with van der Waals surface area (Å²) in [6.45, 7) is 1.52. The van der Waals surface area contributed by atoms with Gasteiger partial charge < -0.3 is 15.6 Å². The van der Waals surface area contributed by atoms with Crippen molar-refractivity contribution in [1.29, 1.82) is 0 Å². The molecular weight excluding hydrogens is 218 g/mol. The van der Waals surface area contributed by atoms with E-state index in [0.29, 0.717) is 11.3 Å². The van der Waals surface area contributed by atoms with Gasteiger partial charge in [0.25, 0.3) is 0 Å². The minimum absolute atomic E-state index is 0.0273. The van der Waals surface area contributed by atoms with Gasteiger partial charge in [0.2, 0.25) is 0 Å². The first-order valence-corrected chi connectivity index (χ1v) is 5.79. The van der Waals surface area contributed by atoms with Crippen molar-refractivity contribution in [2.75, 3.05) is 0 Å². The predicted octanol–water partition coefficient (Wildman–Crippen LogP) is 1.12. The number of nitrogens with two attached hydrogens (primary N) is 1. The number of benzene rings is 1. The molecule has 0 aromatic heterocycles. The van der Waals surface area contributed by atoms with Crippen molar-refractivity contribution in [3.8, 4) is 5.75 Å². The highest BCUT2D eigenvalue weighted by Gasteiger charge is 2.33. The smallest absolute Gasteiger partial charge is 0.159 e. The molecule has 0 saturated heterocycles. The lowest BCUT2D eigenvalue weighted by Crippen LogP contribution is -2.37. The molecule has 0 amide bonds. The molecule has 0 aliphatic heterocycles. The van der Waals surface area contributed by atoms with Gasteiger partial charge in [-0.2, -0.15) is 0 Å². The molecule has 0 spiro atoms. The van der Waals surface area contributed by atoms with Crippen molar-refractivity contribution in [3.63, 3.8) is 0 Å². The van der Waals surface area contributed by atoms with E-state index >= 15 is 0 Å². The van der Waals surface area contributed by atoms with E-state index in [1.54, 1.807) is 24.3 Å². The van der Waals surface area contributed by atoms with Crippen LogP contribution in [0, 0.1) is 0 Å². The van der Waals surface area contributed by atoms with Crippen molar-refractivity contribution in [2.24, 2.45) is 5.73 Å². The van der Waals surface area contributed by atoms with Crippen molar-refractivity contribution >= 4 is 5.78 Å². The molecule has 1 saturated carbocycles. The second-order valence-corrected chi connectivity index (χ2v) is 4.47. The summed E-state index contributed by atoms with van der Waals surface area (Å²) in [7, 11) is 0. The van der Waals surface area contributed by atoms with Gasteiger partial charge in [-0.1, -0.05) is 0 Å². The summed E-state index contributed by atoms with van der Waals surface area (Å²) in [5.41, 5.74) is 6.37. The van der Waals surface area contributed by atoms with Crippen molar-refractivity contribution < 1.29 is 14.6 Å². The Labute approximate surface area is 100 Å². The first-order valence-electron chi connectivity index (χ1n) is 5.79. The number of carbonyl (C=O) groups excluding carboxylic acids is 1. The Morgan fingerprint density at radius 3 is 2.47 bits per heavy atom. The second-order valence-electron chi connectivity index (χ2n) is 4.47. The van der Waals surface area contributed by atoms with Gasteiger partial charge in [0.05, 0.1) is 0 Å². The largest absolute Gasteiger partial charge is 0.488 e. The molecule has 0 radical (unpaired) electrons. The van der Waals surface area contributed by atoms with Crippen molar-refractivity contribution in [1.82, 2.24) is 0 Å². The molecule has 17 heavy (non-hydrogen) atoms. The van der Waals surface area contributed by atoms with E-state index in [9.17, 15) is 9.90 Å². The van der Waals surface area contributed by atoms with Crippen LogP contribution in [-0.2, 0) is 0 Å². The number of ketones is 1. The van der Waals surface area contributed by atoms with Gasteiger partial charge >= 0.3 is 0 Å². The van der Waals surface area contributed by atoms with Gasteiger partial charge in [-0.15, -0.1) is 0 Å². The molecule has 1 aliphatic rings. The number of hydrogen-bond donors (Lipinski definition) is 2. The number of aliphatic hydroxyl groups is 1. The molecule has 4 heteroatoms. The van der Waals surface area contributed by atoms with Crippen LogP contribution in [0.25, 0.3) is 0 Å². The van der Waals surface area contributed by atoms with E-state index in [2.05, 4.69) is 0 Å². The fourth-order valence-corrected chi connectivity index (χ4v) is 2.05. The average Bonchev–Trinajstić information content (AvgIpc) is 2.62. The number of carbonyl (C=O) groups is 1. The highest BCUT2D eigenvalue weighted by molar-refractivity contribution is 5.94. The predicted molar refractivity (Wildman–Crippen MR) is 64.1 cm³/mol. The van der Waals surface area contributed by atoms with Gasteiger partial charge in [0, 0.05) is 11.6 Å². The van der Waals surface area contributed by atoms with Gasteiger partial charge in [-0.05, 0) is 44.0 Å². The number of rotatable bonds is 3. The lowest BCUT2D eigenvalue weighted by atomic mass is 10.1. The van der Waals surface area contributed by atoms with E-state index in [0.717, 1.165) is 12.8 Å². The van der Waals surface area contributed by atoms with E-state index in [4.69, 9.17) is 10.5 Å². The zero-order valence-electron chi connectivity index (χ0n) is 9.80. The highest BCUT2D eigenvalue weighted by Crippen LogP contribution is 2.24. The quantitative estimate of drug-likeness (QED) is 0.770. The summed E-state index contributed by atoms with van der Waals surface area (Å²) >= 11 is 0. The normalized spacial score (nSPS) is 28.1. The maximum Gasteiger partial charge on any atom is 0.159 e. The lowest BCUT2D eigenvalue weighted by molar-refractivity contribution is 0.0521. The third-order valence-electron chi connectivity index (χ3n) is 3.15. The number of hydrogen-bond acceptors (Lipinski definition) is 4. The third-order valence-corrected chi connectivity index (χ3v) is 3.15. The monoisotopic (exact) mass is 235 g/mol. The third kappa shape index (κ3) is 2.65. The SMILES string of the molecule is CC(=O)c1ccc(OC2CCC(N)C2O)cc1. The summed E-state index contributed by atoms with van der Waals surface area (Å²) in [6.07, 6.45) is 0.685. The summed E-state index contributed by atoms with van der Waals surface area (Å²) in [5, 5.41) is 9.76. The van der Waals surface area contributed by atoms with Crippen LogP contribution in [0.2, 0.25) is 0 Å². The van der Waals surface area contributed by atoms with Crippen LogP contribution in [-0.4, -0.2) is 29.1 Å². The Balaban J connectivity index is 2.02. The zero-order valence-corrected chi connectivity index (χ0v) is 9.80. The minimum Gasteiger partial charge on any atom is -0.488 e. The molecule has 2 rings (SSSR count). The van der Waals surface area contributed by atoms with Gasteiger partial charge in [0.15, 0.2) is 5.78 Å². The maximum atomic E-state index is 11.1. The zero-order chi connectivity index (χ0) is 12.4. The van der Waals surface area contributed by atoms with Gasteiger partial charge in [-0.3, -0.25) is 4.79 Å². The Morgan fingerprint density at radius 1 is 1.35 bits per heavy atom. The summed E-state index contributed by atoms with van der Waals surface area (Å²) < 4.78 is 5.65. The van der Waals surface area contributed by atoms with Crippen LogP contribution in [0.3, 0.4) is 0 Å². The number of Topliss-reactive ketones (excluding diaryl/α,β-unsaturated/α-hetero) is 1. The van der Waals surface area contributed by atoms with Crippen LogP contribution in [0.4, 0.5) is 0 Å². The van der Waals surface area contributed by atoms with Crippen molar-refractivity contribution in [3.05, 3.63) is 29.8 Å². The van der Waals surface area contributed by atoms with Crippen LogP contribution in [0.15, 0.2) is 24.3 Å². The lowest BCUT2D eigenvalue weighted by Gasteiger charge is -2.18. The molecule has 3 unspecified atom stereocenters. The molecule has 4 nitrogen and oxygen atoms in total. The minimum atomic E-state index is -0.609. The molecule has 1 aromatic rings. The van der Waals surface area contributed by atoms with Crippen LogP contribution in [0.5, 0.6) is 5.75 Å². The molecule has 0 bridgehead atoms. The fourth-order valence-electron chi connectivity index (χ4n) is 2.05. The van der Waals surface area contributed by atoms with Gasteiger partial charge in [-0.25, -0.2) is 0 Å². The Morgan fingerprint density at radius 2 is 2.00 bits per heavy atom. The van der Waals surface area contributed by atoms with Crippen LogP contribution < -0.4 is 10.5 Å². The summed E-state index contributed by atoms with van der Waals surface area (Å²) in [5.74, 6) is 0.688. The fraction of sp³-hybridized carbons (Fsp3) is 0.462. The Bertz CT molecular complexity index is 402. The van der Waals surface area contributed by atoms with Crippen molar-refractivity contribution in [2.45, 2.75) is 38.0 Å². The average molecular weight is 235 g/mol. The van der Waals surface area contributed by atoms with Gasteiger partial charge in [0.1, 0.15) is 18.0 Å². The molecule has 1 aliphatic carbocycles. The molecule has 1 fully saturated rings. The van der Waals surface area contributed by atoms with E-state index in [1.807, 2.05) is 0 Å². The standard InChI is InChI=1S/C13H17NO3/c1-8(15)9-2-4-10(5-3-9)17-12-7-6-11(14)13(12)16/h2-5,11-13,16H,6-7,14H2,1H3. The highest BCUT2D eigenvalue weighted by atomic mass is 16.5. The maximum absolute atomic E-state index is 11.1. The molecule has 3 N–H and O–H groups in total. The van der Waals surface area contributed by atoms with E-state index < -0.39 is 6.10 Å². The van der Waals surface area contributed by atoms with Crippen LogP contribution >= 0.6 is 0 Å². The topological polar surface area (TPSA) is 72.5 Å². The Kier molecular flexibility index (Phi) is 3.45. The molecule has 92 valence electrons. The van der Waals surface area contributed by atoms with Crippen LogP contribution in [0.1, 0.15) is 30.1 Å². The number of ether oxygens (including phenoxy) is 1. The first kappa shape index (κ1) is 12.1. The molecule has 1 aromatic carbocycles.